The minimum Gasteiger partial charge on any atom is -0.453 e. The van der Waals surface area contributed by atoms with E-state index in [1.165, 1.54) is 7.11 Å². The van der Waals surface area contributed by atoms with Crippen molar-refractivity contribution in [1.82, 2.24) is 10.3 Å². The number of carbonyl (C=O) groups excluding carboxylic acids is 1. The summed E-state index contributed by atoms with van der Waals surface area (Å²) >= 11 is 5.70. The first-order valence-corrected chi connectivity index (χ1v) is 4.47. The van der Waals surface area contributed by atoms with Gasteiger partial charge >= 0.3 is 6.09 Å². The smallest absolute Gasteiger partial charge is 0.407 e. The van der Waals surface area contributed by atoms with E-state index in [9.17, 15) is 4.79 Å². The Morgan fingerprint density at radius 1 is 1.71 bits per heavy atom. The van der Waals surface area contributed by atoms with Crippen LogP contribution in [0.4, 0.5) is 4.79 Å². The van der Waals surface area contributed by atoms with Gasteiger partial charge in [0.1, 0.15) is 5.15 Å². The summed E-state index contributed by atoms with van der Waals surface area (Å²) < 4.78 is 4.47. The Bertz CT molecular complexity index is 330. The van der Waals surface area contributed by atoms with Crippen LogP contribution in [0.2, 0.25) is 5.15 Å². The van der Waals surface area contributed by atoms with E-state index in [1.807, 2.05) is 6.92 Å². The van der Waals surface area contributed by atoms with E-state index in [4.69, 9.17) is 11.6 Å². The van der Waals surface area contributed by atoms with Gasteiger partial charge < -0.3 is 10.1 Å². The zero-order chi connectivity index (χ0) is 10.6. The van der Waals surface area contributed by atoms with Gasteiger partial charge in [-0.15, -0.1) is 0 Å². The molecule has 0 aliphatic rings. The Morgan fingerprint density at radius 2 is 2.43 bits per heavy atom. The number of methoxy groups -OCH3 is 1. The van der Waals surface area contributed by atoms with Crippen LogP contribution in [0.3, 0.4) is 0 Å². The van der Waals surface area contributed by atoms with Gasteiger partial charge in [-0.1, -0.05) is 11.6 Å². The number of alkyl carbamates (subject to hydrolysis) is 1. The van der Waals surface area contributed by atoms with Crippen LogP contribution in [-0.4, -0.2) is 18.2 Å². The van der Waals surface area contributed by atoms with Crippen LogP contribution < -0.4 is 5.32 Å². The third kappa shape index (κ3) is 2.88. The van der Waals surface area contributed by atoms with Crippen LogP contribution in [0, 0.1) is 0 Å². The van der Waals surface area contributed by atoms with Crippen molar-refractivity contribution < 1.29 is 9.53 Å². The Morgan fingerprint density at radius 3 is 3.00 bits per heavy atom. The molecule has 1 aromatic heterocycles. The van der Waals surface area contributed by atoms with Crippen LogP contribution >= 0.6 is 11.6 Å². The number of aromatic nitrogens is 1. The summed E-state index contributed by atoms with van der Waals surface area (Å²) in [6.45, 7) is 1.84. The molecule has 1 rings (SSSR count). The minimum atomic E-state index is -0.467. The van der Waals surface area contributed by atoms with E-state index < -0.39 is 6.09 Å². The first-order valence-electron chi connectivity index (χ1n) is 4.09. The number of pyridine rings is 1. The molecule has 1 aromatic rings. The van der Waals surface area contributed by atoms with E-state index in [2.05, 4.69) is 15.0 Å². The number of nitrogens with one attached hydrogen (secondary N) is 1. The number of halogens is 1. The van der Waals surface area contributed by atoms with Gasteiger partial charge in [0, 0.05) is 6.20 Å². The summed E-state index contributed by atoms with van der Waals surface area (Å²) in [6.07, 6.45) is 1.12. The predicted octanol–water partition coefficient (Wildman–Crippen LogP) is 2.15. The van der Waals surface area contributed by atoms with E-state index in [0.29, 0.717) is 5.15 Å². The Labute approximate surface area is 87.2 Å². The number of nitrogens with zero attached hydrogens (tertiary/aromatic N) is 1. The lowest BCUT2D eigenvalue weighted by atomic mass is 10.1. The van der Waals surface area contributed by atoms with Crippen molar-refractivity contribution >= 4 is 17.7 Å². The fraction of sp³-hybridized carbons (Fsp3) is 0.333. The summed E-state index contributed by atoms with van der Waals surface area (Å²) in [6, 6.07) is 3.33. The molecule has 0 saturated carbocycles. The highest BCUT2D eigenvalue weighted by Gasteiger charge is 2.09. The fourth-order valence-electron chi connectivity index (χ4n) is 1.01. The van der Waals surface area contributed by atoms with Gasteiger partial charge in [-0.05, 0) is 24.6 Å². The standard InChI is InChI=1S/C9H11ClN2O2/c1-6(12-9(13)14-2)7-3-4-11-8(10)5-7/h3-6H,1-2H3,(H,12,13). The van der Waals surface area contributed by atoms with Crippen molar-refractivity contribution in [3.05, 3.63) is 29.0 Å². The van der Waals surface area contributed by atoms with Crippen LogP contribution in [-0.2, 0) is 4.74 Å². The molecule has 1 atom stereocenters. The molecule has 76 valence electrons. The number of hydrogen-bond donors (Lipinski definition) is 1. The average molecular weight is 215 g/mol. The van der Waals surface area contributed by atoms with Gasteiger partial charge in [-0.2, -0.15) is 0 Å². The maximum Gasteiger partial charge on any atom is 0.407 e. The summed E-state index contributed by atoms with van der Waals surface area (Å²) in [4.78, 5) is 14.7. The zero-order valence-corrected chi connectivity index (χ0v) is 8.71. The number of rotatable bonds is 2. The van der Waals surface area contributed by atoms with Gasteiger partial charge in [-0.25, -0.2) is 9.78 Å². The van der Waals surface area contributed by atoms with Gasteiger partial charge in [0.05, 0.1) is 13.2 Å². The highest BCUT2D eigenvalue weighted by molar-refractivity contribution is 6.29. The lowest BCUT2D eigenvalue weighted by molar-refractivity contribution is 0.167. The second kappa shape index (κ2) is 4.81. The quantitative estimate of drug-likeness (QED) is 0.768. The lowest BCUT2D eigenvalue weighted by Crippen LogP contribution is -2.26. The summed E-state index contributed by atoms with van der Waals surface area (Å²) in [5.41, 5.74) is 0.885. The normalized spacial score (nSPS) is 11.9. The topological polar surface area (TPSA) is 51.2 Å². The summed E-state index contributed by atoms with van der Waals surface area (Å²) in [7, 11) is 1.32. The Balaban J connectivity index is 2.69. The lowest BCUT2D eigenvalue weighted by Gasteiger charge is -2.12. The van der Waals surface area contributed by atoms with Crippen molar-refractivity contribution in [2.24, 2.45) is 0 Å². The number of hydrogen-bond acceptors (Lipinski definition) is 3. The van der Waals surface area contributed by atoms with Crippen LogP contribution in [0.25, 0.3) is 0 Å². The van der Waals surface area contributed by atoms with E-state index in [-0.39, 0.29) is 6.04 Å². The van der Waals surface area contributed by atoms with Gasteiger partial charge in [0.25, 0.3) is 0 Å². The third-order valence-electron chi connectivity index (χ3n) is 1.77. The first kappa shape index (κ1) is 10.8. The highest BCUT2D eigenvalue weighted by atomic mass is 35.5. The molecule has 1 amide bonds. The molecular formula is C9H11ClN2O2. The molecule has 0 bridgehead atoms. The third-order valence-corrected chi connectivity index (χ3v) is 1.98. The zero-order valence-electron chi connectivity index (χ0n) is 7.95. The molecule has 0 aliphatic heterocycles. The molecular weight excluding hydrogens is 204 g/mol. The molecule has 0 aromatic carbocycles. The molecule has 4 nitrogen and oxygen atoms in total. The summed E-state index contributed by atoms with van der Waals surface area (Å²) in [5, 5.41) is 3.03. The maximum absolute atomic E-state index is 10.9. The van der Waals surface area contributed by atoms with Crippen LogP contribution in [0.15, 0.2) is 18.3 Å². The predicted molar refractivity (Wildman–Crippen MR) is 53.2 cm³/mol. The van der Waals surface area contributed by atoms with E-state index in [0.717, 1.165) is 5.56 Å². The molecule has 1 unspecified atom stereocenters. The first-order chi connectivity index (χ1) is 6.63. The van der Waals surface area contributed by atoms with Crippen LogP contribution in [0.5, 0.6) is 0 Å². The molecule has 5 heteroatoms. The molecule has 0 spiro atoms. The van der Waals surface area contributed by atoms with Gasteiger partial charge in [0.2, 0.25) is 0 Å². The van der Waals surface area contributed by atoms with E-state index >= 15 is 0 Å². The van der Waals surface area contributed by atoms with Crippen molar-refractivity contribution in [2.45, 2.75) is 13.0 Å². The molecule has 0 radical (unpaired) electrons. The summed E-state index contributed by atoms with van der Waals surface area (Å²) in [5.74, 6) is 0. The fourth-order valence-corrected chi connectivity index (χ4v) is 1.19. The van der Waals surface area contributed by atoms with Crippen molar-refractivity contribution in [3.63, 3.8) is 0 Å². The van der Waals surface area contributed by atoms with Crippen molar-refractivity contribution in [2.75, 3.05) is 7.11 Å². The molecule has 1 heterocycles. The van der Waals surface area contributed by atoms with Gasteiger partial charge in [-0.3, -0.25) is 0 Å². The molecule has 0 fully saturated rings. The van der Waals surface area contributed by atoms with Crippen molar-refractivity contribution in [1.29, 1.82) is 0 Å². The molecule has 0 aliphatic carbocycles. The SMILES string of the molecule is COC(=O)NC(C)c1ccnc(Cl)c1. The number of carbonyl (C=O) groups is 1. The number of ether oxygens (including phenoxy) is 1. The van der Waals surface area contributed by atoms with Crippen molar-refractivity contribution in [3.8, 4) is 0 Å². The molecule has 0 saturated heterocycles. The van der Waals surface area contributed by atoms with Gasteiger partial charge in [0.15, 0.2) is 0 Å². The average Bonchev–Trinajstić information content (AvgIpc) is 2.17. The maximum atomic E-state index is 10.9. The Kier molecular flexibility index (Phi) is 3.71. The Hall–Kier alpha value is -1.29. The second-order valence-corrected chi connectivity index (χ2v) is 3.16. The minimum absolute atomic E-state index is 0.150. The van der Waals surface area contributed by atoms with Crippen LogP contribution in [0.1, 0.15) is 18.5 Å². The second-order valence-electron chi connectivity index (χ2n) is 2.77. The number of amides is 1. The molecule has 1 N–H and O–H groups in total. The molecule has 14 heavy (non-hydrogen) atoms. The monoisotopic (exact) mass is 214 g/mol. The van der Waals surface area contributed by atoms with E-state index in [1.54, 1.807) is 18.3 Å². The largest absolute Gasteiger partial charge is 0.453 e. The highest BCUT2D eigenvalue weighted by Crippen LogP contribution is 2.14.